The maximum atomic E-state index is 12.5. The molecule has 0 radical (unpaired) electrons. The molecule has 1 heterocycles. The summed E-state index contributed by atoms with van der Waals surface area (Å²) >= 11 is 10.2. The number of halogens is 1. The smallest absolute Gasteiger partial charge is 0.260 e. The second-order valence-electron chi connectivity index (χ2n) is 6.28. The monoisotopic (exact) mass is 421 g/mol. The predicted octanol–water partition coefficient (Wildman–Crippen LogP) is 5.64. The molecule has 1 saturated heterocycles. The molecule has 3 nitrogen and oxygen atoms in total. The van der Waals surface area contributed by atoms with Gasteiger partial charge in [-0.25, -0.2) is 0 Å². The molecule has 0 aliphatic carbocycles. The van der Waals surface area contributed by atoms with Gasteiger partial charge in [0.25, 0.3) is 5.91 Å². The molecule has 27 heavy (non-hydrogen) atoms. The van der Waals surface area contributed by atoms with E-state index in [-0.39, 0.29) is 12.5 Å². The third-order valence-corrected chi connectivity index (χ3v) is 7.78. The van der Waals surface area contributed by atoms with Gasteiger partial charge in [0.15, 0.2) is 6.61 Å². The van der Waals surface area contributed by atoms with Crippen LogP contribution in [-0.2, 0) is 11.3 Å². The van der Waals surface area contributed by atoms with Crippen LogP contribution < -0.4 is 4.74 Å². The Labute approximate surface area is 174 Å². The van der Waals surface area contributed by atoms with Crippen molar-refractivity contribution in [1.29, 1.82) is 0 Å². The Morgan fingerprint density at radius 2 is 1.85 bits per heavy atom. The number of hydrogen-bond acceptors (Lipinski definition) is 4. The summed E-state index contributed by atoms with van der Waals surface area (Å²) in [6.07, 6.45) is 1.29. The minimum absolute atomic E-state index is 0.0323. The number of carbonyl (C=O) groups excluding carboxylic acids is 1. The highest BCUT2D eigenvalue weighted by Crippen LogP contribution is 2.43. The highest BCUT2D eigenvalue weighted by Gasteiger charge is 2.17. The molecule has 2 aromatic carbocycles. The van der Waals surface area contributed by atoms with Crippen molar-refractivity contribution in [1.82, 2.24) is 4.90 Å². The molecule has 1 aliphatic rings. The molecule has 0 N–H and O–H groups in total. The number of thioether (sulfide) groups is 2. The lowest BCUT2D eigenvalue weighted by atomic mass is 10.2. The van der Waals surface area contributed by atoms with Gasteiger partial charge in [0.2, 0.25) is 0 Å². The summed E-state index contributed by atoms with van der Waals surface area (Å²) in [6, 6.07) is 15.7. The van der Waals surface area contributed by atoms with Crippen molar-refractivity contribution in [2.24, 2.45) is 0 Å². The maximum absolute atomic E-state index is 12.5. The third kappa shape index (κ3) is 5.84. The van der Waals surface area contributed by atoms with Crippen molar-refractivity contribution in [3.05, 3.63) is 64.7 Å². The first-order valence-corrected chi connectivity index (χ1v) is 11.6. The average Bonchev–Trinajstić information content (AvgIpc) is 2.72. The molecule has 144 valence electrons. The lowest BCUT2D eigenvalue weighted by Gasteiger charge is -2.22. The zero-order valence-corrected chi connectivity index (χ0v) is 17.8. The molecule has 3 rings (SSSR count). The Hall–Kier alpha value is -1.30. The first kappa shape index (κ1) is 20.4. The van der Waals surface area contributed by atoms with E-state index in [1.807, 2.05) is 66.8 Å². The summed E-state index contributed by atoms with van der Waals surface area (Å²) in [6.45, 7) is 3.10. The van der Waals surface area contributed by atoms with E-state index in [0.717, 1.165) is 11.3 Å². The molecule has 2 aromatic rings. The van der Waals surface area contributed by atoms with Crippen LogP contribution in [0, 0.1) is 0 Å². The minimum atomic E-state index is -0.0418. The predicted molar refractivity (Wildman–Crippen MR) is 117 cm³/mol. The van der Waals surface area contributed by atoms with Crippen LogP contribution in [-0.4, -0.2) is 35.5 Å². The minimum Gasteiger partial charge on any atom is -0.484 e. The lowest BCUT2D eigenvalue weighted by molar-refractivity contribution is -0.133. The summed E-state index contributed by atoms with van der Waals surface area (Å²) in [5.74, 6) is 3.14. The second-order valence-corrected chi connectivity index (χ2v) is 9.42. The van der Waals surface area contributed by atoms with Crippen LogP contribution in [0.5, 0.6) is 5.75 Å². The van der Waals surface area contributed by atoms with Gasteiger partial charge in [-0.05, 0) is 54.2 Å². The topological polar surface area (TPSA) is 29.5 Å². The zero-order chi connectivity index (χ0) is 19.1. The van der Waals surface area contributed by atoms with Gasteiger partial charge in [-0.2, -0.15) is 0 Å². The summed E-state index contributed by atoms with van der Waals surface area (Å²) in [7, 11) is 0. The lowest BCUT2D eigenvalue weighted by Crippen LogP contribution is -2.34. The number of rotatable bonds is 7. The molecule has 0 unspecified atom stereocenters. The Bertz CT molecular complexity index is 748. The van der Waals surface area contributed by atoms with Crippen LogP contribution in [0.4, 0.5) is 0 Å². The summed E-state index contributed by atoms with van der Waals surface area (Å²) in [4.78, 5) is 14.3. The maximum Gasteiger partial charge on any atom is 0.260 e. The SMILES string of the molecule is CCN(Cc1ccccc1Cl)C(=O)COc1ccc(C2SCCCS2)cc1. The van der Waals surface area contributed by atoms with Gasteiger partial charge >= 0.3 is 0 Å². The fourth-order valence-corrected chi connectivity index (χ4v) is 5.94. The van der Waals surface area contributed by atoms with E-state index in [1.165, 1.54) is 23.5 Å². The van der Waals surface area contributed by atoms with Gasteiger partial charge < -0.3 is 9.64 Å². The third-order valence-electron chi connectivity index (χ3n) is 4.40. The first-order chi connectivity index (χ1) is 13.2. The van der Waals surface area contributed by atoms with Crippen LogP contribution in [0.25, 0.3) is 0 Å². The largest absolute Gasteiger partial charge is 0.484 e. The number of ether oxygens (including phenoxy) is 1. The van der Waals surface area contributed by atoms with Crippen LogP contribution in [0.1, 0.15) is 29.1 Å². The van der Waals surface area contributed by atoms with Gasteiger partial charge in [-0.3, -0.25) is 4.79 Å². The van der Waals surface area contributed by atoms with Crippen molar-refractivity contribution >= 4 is 41.0 Å². The Morgan fingerprint density at radius 3 is 2.52 bits per heavy atom. The highest BCUT2D eigenvalue weighted by atomic mass is 35.5. The van der Waals surface area contributed by atoms with E-state index in [0.29, 0.717) is 22.7 Å². The fourth-order valence-electron chi connectivity index (χ4n) is 2.85. The van der Waals surface area contributed by atoms with Gasteiger partial charge in [0.05, 0.1) is 4.58 Å². The van der Waals surface area contributed by atoms with Crippen molar-refractivity contribution < 1.29 is 9.53 Å². The van der Waals surface area contributed by atoms with Crippen molar-refractivity contribution in [2.45, 2.75) is 24.5 Å². The van der Waals surface area contributed by atoms with E-state index < -0.39 is 0 Å². The van der Waals surface area contributed by atoms with E-state index in [4.69, 9.17) is 16.3 Å². The number of likely N-dealkylation sites (N-methyl/N-ethyl adjacent to an activating group) is 1. The summed E-state index contributed by atoms with van der Waals surface area (Å²) in [5.41, 5.74) is 2.26. The van der Waals surface area contributed by atoms with Crippen LogP contribution in [0.2, 0.25) is 5.02 Å². The van der Waals surface area contributed by atoms with Crippen LogP contribution in [0.3, 0.4) is 0 Å². The Morgan fingerprint density at radius 1 is 1.15 bits per heavy atom. The first-order valence-electron chi connectivity index (χ1n) is 9.14. The summed E-state index contributed by atoms with van der Waals surface area (Å²) < 4.78 is 6.24. The number of nitrogens with zero attached hydrogens (tertiary/aromatic N) is 1. The molecule has 0 atom stereocenters. The van der Waals surface area contributed by atoms with Gasteiger partial charge in [-0.1, -0.05) is 41.9 Å². The Balaban J connectivity index is 1.53. The molecular weight excluding hydrogens is 398 g/mol. The quantitative estimate of drug-likeness (QED) is 0.578. The molecule has 0 bridgehead atoms. The highest BCUT2D eigenvalue weighted by molar-refractivity contribution is 8.16. The van der Waals surface area contributed by atoms with Gasteiger partial charge in [0.1, 0.15) is 5.75 Å². The van der Waals surface area contributed by atoms with E-state index >= 15 is 0 Å². The van der Waals surface area contributed by atoms with E-state index in [9.17, 15) is 4.79 Å². The molecular formula is C21H24ClNO2S2. The van der Waals surface area contributed by atoms with Crippen molar-refractivity contribution in [2.75, 3.05) is 24.7 Å². The number of carbonyl (C=O) groups is 1. The molecule has 0 saturated carbocycles. The van der Waals surface area contributed by atoms with E-state index in [1.54, 1.807) is 4.90 Å². The Kier molecular flexibility index (Phi) is 7.80. The van der Waals surface area contributed by atoms with Crippen LogP contribution in [0.15, 0.2) is 48.5 Å². The second kappa shape index (κ2) is 10.3. The molecule has 1 amide bonds. The zero-order valence-electron chi connectivity index (χ0n) is 15.4. The molecule has 0 spiro atoms. The normalized spacial score (nSPS) is 14.7. The van der Waals surface area contributed by atoms with Crippen molar-refractivity contribution in [3.63, 3.8) is 0 Å². The van der Waals surface area contributed by atoms with Gasteiger partial charge in [0, 0.05) is 18.1 Å². The average molecular weight is 422 g/mol. The molecule has 0 aromatic heterocycles. The van der Waals surface area contributed by atoms with Crippen molar-refractivity contribution in [3.8, 4) is 5.75 Å². The molecule has 1 fully saturated rings. The van der Waals surface area contributed by atoms with Gasteiger partial charge in [-0.15, -0.1) is 23.5 Å². The molecule has 1 aliphatic heterocycles. The number of hydrogen-bond donors (Lipinski definition) is 0. The number of amides is 1. The standard InChI is InChI=1S/C21H24ClNO2S2/c1-2-23(14-17-6-3-4-7-19(17)22)20(24)15-25-18-10-8-16(9-11-18)21-26-12-5-13-27-21/h3-4,6-11,21H,2,5,12-15H2,1H3. The number of benzene rings is 2. The van der Waals surface area contributed by atoms with Crippen LogP contribution >= 0.6 is 35.1 Å². The van der Waals surface area contributed by atoms with E-state index in [2.05, 4.69) is 12.1 Å². The summed E-state index contributed by atoms with van der Waals surface area (Å²) in [5, 5.41) is 0.679. The fraction of sp³-hybridized carbons (Fsp3) is 0.381. The molecule has 6 heteroatoms.